The van der Waals surface area contributed by atoms with Gasteiger partial charge >= 0.3 is 5.70 Å². The molecule has 0 fully saturated rings. The van der Waals surface area contributed by atoms with Gasteiger partial charge in [-0.2, -0.15) is 0 Å². The highest BCUT2D eigenvalue weighted by molar-refractivity contribution is 6.20. The zero-order valence-electron chi connectivity index (χ0n) is 15.3. The van der Waals surface area contributed by atoms with E-state index in [0.717, 1.165) is 16.4 Å². The van der Waals surface area contributed by atoms with Crippen molar-refractivity contribution in [2.45, 2.75) is 12.5 Å². The van der Waals surface area contributed by atoms with Gasteiger partial charge in [0.2, 0.25) is 0 Å². The van der Waals surface area contributed by atoms with Crippen LogP contribution in [0, 0.1) is 10.1 Å². The Labute approximate surface area is 164 Å². The third-order valence-corrected chi connectivity index (χ3v) is 4.98. The van der Waals surface area contributed by atoms with E-state index < -0.39 is 10.5 Å². The maximum Gasteiger partial charge on any atom is 0.317 e. The van der Waals surface area contributed by atoms with E-state index in [0.29, 0.717) is 11.4 Å². The highest BCUT2D eigenvalue weighted by atomic mass is 16.6. The van der Waals surface area contributed by atoms with Gasteiger partial charge in [0.05, 0.1) is 22.0 Å². The van der Waals surface area contributed by atoms with Crippen molar-refractivity contribution in [1.29, 1.82) is 0 Å². The molecule has 1 unspecified atom stereocenters. The Balaban J connectivity index is 1.76. The van der Waals surface area contributed by atoms with E-state index in [2.05, 4.69) is 20.3 Å². The maximum absolute atomic E-state index is 12.7. The first-order valence-corrected chi connectivity index (χ1v) is 8.98. The third kappa shape index (κ3) is 2.91. The Morgan fingerprint density at radius 2 is 1.69 bits per heavy atom. The Morgan fingerprint density at radius 3 is 2.41 bits per heavy atom. The van der Waals surface area contributed by atoms with Crippen molar-refractivity contribution in [2.75, 3.05) is 0 Å². The smallest absolute Gasteiger partial charge is 0.317 e. The van der Waals surface area contributed by atoms with Crippen molar-refractivity contribution in [3.8, 4) is 0 Å². The second kappa shape index (κ2) is 5.96. The van der Waals surface area contributed by atoms with Gasteiger partial charge in [-0.15, -0.1) is 0 Å². The summed E-state index contributed by atoms with van der Waals surface area (Å²) in [5.74, 6) is -0.281. The van der Waals surface area contributed by atoms with E-state index >= 15 is 0 Å². The van der Waals surface area contributed by atoms with Gasteiger partial charge in [0.15, 0.2) is 5.78 Å². The molecule has 2 N–H and O–H groups in total. The molecule has 0 saturated heterocycles. The second-order valence-corrected chi connectivity index (χ2v) is 7.21. The molecule has 0 aromatic carbocycles. The molecule has 8 nitrogen and oxygen atoms in total. The van der Waals surface area contributed by atoms with Gasteiger partial charge in [-0.05, 0) is 61.6 Å². The average molecular weight is 385 g/mol. The highest BCUT2D eigenvalue weighted by Crippen LogP contribution is 2.29. The summed E-state index contributed by atoms with van der Waals surface area (Å²) in [6.07, 6.45) is 13.6. The fourth-order valence-electron chi connectivity index (χ4n) is 3.58. The number of carbonyl (C=O) groups excluding carboxylic acids is 1. The first kappa shape index (κ1) is 17.1. The van der Waals surface area contributed by atoms with Gasteiger partial charge in [0.25, 0.3) is 0 Å². The van der Waals surface area contributed by atoms with Crippen LogP contribution in [-0.2, 0) is 4.79 Å². The number of ketones is 1. The van der Waals surface area contributed by atoms with Crippen LogP contribution in [-0.4, -0.2) is 32.7 Å². The molecule has 0 radical (unpaired) electrons. The normalized spacial score (nSPS) is 24.4. The molecule has 1 aromatic heterocycles. The van der Waals surface area contributed by atoms with Crippen molar-refractivity contribution < 1.29 is 9.72 Å². The van der Waals surface area contributed by atoms with Crippen molar-refractivity contribution in [3.05, 3.63) is 92.2 Å². The molecule has 4 aliphatic rings. The number of nitro groups is 1. The Kier molecular flexibility index (Phi) is 3.51. The average Bonchev–Trinajstić information content (AvgIpc) is 3.41. The molecule has 4 aliphatic heterocycles. The van der Waals surface area contributed by atoms with E-state index in [4.69, 9.17) is 0 Å². The van der Waals surface area contributed by atoms with Crippen LogP contribution in [0.4, 0.5) is 0 Å². The molecule has 5 heterocycles. The van der Waals surface area contributed by atoms with Crippen LogP contribution in [0.1, 0.15) is 6.92 Å². The van der Waals surface area contributed by atoms with E-state index in [1.54, 1.807) is 37.3 Å². The van der Waals surface area contributed by atoms with Crippen LogP contribution in [0.3, 0.4) is 0 Å². The van der Waals surface area contributed by atoms with Crippen LogP contribution in [0.15, 0.2) is 81.4 Å². The van der Waals surface area contributed by atoms with Crippen molar-refractivity contribution in [1.82, 2.24) is 10.3 Å². The largest absolute Gasteiger partial charge is 0.364 e. The predicted octanol–water partition coefficient (Wildman–Crippen LogP) is 0.798. The number of aliphatic imine (C=N–C) groups is 2. The van der Waals surface area contributed by atoms with E-state index in [1.165, 1.54) is 6.08 Å². The van der Waals surface area contributed by atoms with Crippen LogP contribution >= 0.6 is 0 Å². The van der Waals surface area contributed by atoms with Gasteiger partial charge in [-0.25, -0.2) is 9.98 Å². The number of rotatable bonds is 1. The first-order chi connectivity index (χ1) is 13.9. The fourth-order valence-corrected chi connectivity index (χ4v) is 3.58. The molecule has 1 atom stereocenters. The van der Waals surface area contributed by atoms with Crippen molar-refractivity contribution in [3.63, 3.8) is 0 Å². The van der Waals surface area contributed by atoms with Gasteiger partial charge in [0, 0.05) is 16.8 Å². The Hall–Kier alpha value is -4.07. The lowest BCUT2D eigenvalue weighted by Crippen LogP contribution is -2.42. The molecule has 0 saturated carbocycles. The molecule has 0 amide bonds. The fraction of sp³-hybridized carbons (Fsp3) is 0.0952. The minimum atomic E-state index is -1.13. The summed E-state index contributed by atoms with van der Waals surface area (Å²) in [6.45, 7) is 1.67. The number of carbonyl (C=O) groups is 1. The molecule has 0 aliphatic carbocycles. The van der Waals surface area contributed by atoms with Crippen LogP contribution < -0.4 is 16.0 Å². The molecular formula is C21H15N5O3. The van der Waals surface area contributed by atoms with Gasteiger partial charge in [-0.3, -0.25) is 14.9 Å². The molecule has 1 aromatic rings. The van der Waals surface area contributed by atoms with Crippen LogP contribution in [0.5, 0.6) is 0 Å². The van der Waals surface area contributed by atoms with Gasteiger partial charge in [-0.1, -0.05) is 0 Å². The number of hydrogen-bond donors (Lipinski definition) is 2. The summed E-state index contributed by atoms with van der Waals surface area (Å²) in [4.78, 5) is 36.1. The minimum Gasteiger partial charge on any atom is -0.364 e. The van der Waals surface area contributed by atoms with Crippen molar-refractivity contribution >= 4 is 29.4 Å². The number of fused-ring (bicyclic) bond motifs is 6. The SMILES string of the molecule is CC12C=C3C=CC(=N3)C=c3ccc([nH]3)=CC3=NC(=C([N+](=O)[O-])C(=CC1=O)N2)C=C3. The summed E-state index contributed by atoms with van der Waals surface area (Å²) < 4.78 is 0. The number of H-pyrrole nitrogens is 1. The number of aromatic amines is 1. The summed E-state index contributed by atoms with van der Waals surface area (Å²) in [7, 11) is 0. The van der Waals surface area contributed by atoms with Gasteiger partial charge < -0.3 is 10.3 Å². The maximum atomic E-state index is 12.7. The topological polar surface area (TPSA) is 113 Å². The molecule has 29 heavy (non-hydrogen) atoms. The number of hydrogen-bond acceptors (Lipinski definition) is 6. The van der Waals surface area contributed by atoms with E-state index in [-0.39, 0.29) is 22.9 Å². The summed E-state index contributed by atoms with van der Waals surface area (Å²) in [6, 6.07) is 3.82. The standard InChI is InChI=1S/C21H15N5O3/c1-21-11-16-5-4-14(23-16)8-12-2-3-13(22-12)9-15-6-7-17(24-15)20(26(28)29)18(25-21)10-19(21)27/h2-11,22,25H,1H3. The Bertz CT molecular complexity index is 1330. The Morgan fingerprint density at radius 1 is 1.00 bits per heavy atom. The lowest BCUT2D eigenvalue weighted by Gasteiger charge is -2.20. The van der Waals surface area contributed by atoms with Crippen LogP contribution in [0.25, 0.3) is 12.2 Å². The minimum absolute atomic E-state index is 0.135. The molecule has 8 bridgehead atoms. The molecule has 142 valence electrons. The van der Waals surface area contributed by atoms with Crippen molar-refractivity contribution in [2.24, 2.45) is 9.98 Å². The molecular weight excluding hydrogens is 370 g/mol. The monoisotopic (exact) mass is 385 g/mol. The lowest BCUT2D eigenvalue weighted by molar-refractivity contribution is -0.422. The molecule has 8 heteroatoms. The summed E-state index contributed by atoms with van der Waals surface area (Å²) in [5, 5.41) is 16.5. The molecule has 5 rings (SSSR count). The number of nitrogens with one attached hydrogen (secondary N) is 2. The van der Waals surface area contributed by atoms with Gasteiger partial charge in [0.1, 0.15) is 16.9 Å². The highest BCUT2D eigenvalue weighted by Gasteiger charge is 2.41. The quantitative estimate of drug-likeness (QED) is 0.550. The summed E-state index contributed by atoms with van der Waals surface area (Å²) >= 11 is 0. The zero-order chi connectivity index (χ0) is 20.2. The lowest BCUT2D eigenvalue weighted by atomic mass is 9.98. The number of allylic oxidation sites excluding steroid dienone is 4. The first-order valence-electron chi connectivity index (χ1n) is 8.98. The number of aromatic nitrogens is 1. The zero-order valence-corrected chi connectivity index (χ0v) is 15.3. The predicted molar refractivity (Wildman–Crippen MR) is 109 cm³/mol. The number of nitrogens with zero attached hydrogens (tertiary/aromatic N) is 3. The van der Waals surface area contributed by atoms with Crippen LogP contribution in [0.2, 0.25) is 0 Å². The van der Waals surface area contributed by atoms with E-state index in [1.807, 2.05) is 24.3 Å². The van der Waals surface area contributed by atoms with E-state index in [9.17, 15) is 14.9 Å². The third-order valence-electron chi connectivity index (χ3n) is 4.98. The second-order valence-electron chi connectivity index (χ2n) is 7.21. The summed E-state index contributed by atoms with van der Waals surface area (Å²) in [5.41, 5.74) is 0.883. The molecule has 0 spiro atoms.